The maximum Gasteiger partial charge on any atom is 0.0590 e. The van der Waals surface area contributed by atoms with Crippen LogP contribution in [0.2, 0.25) is 0 Å². The maximum absolute atomic E-state index is 5.83. The molecule has 2 nitrogen and oxygen atoms in total. The first-order valence-corrected chi connectivity index (χ1v) is 7.07. The van der Waals surface area contributed by atoms with Crippen LogP contribution in [0.5, 0.6) is 0 Å². The van der Waals surface area contributed by atoms with Gasteiger partial charge in [0.15, 0.2) is 0 Å². The Bertz CT molecular complexity index is 164. The van der Waals surface area contributed by atoms with Crippen LogP contribution in [-0.2, 0) is 4.74 Å². The van der Waals surface area contributed by atoms with Crippen LogP contribution in [0.1, 0.15) is 59.3 Å². The highest BCUT2D eigenvalue weighted by Crippen LogP contribution is 2.19. The Hall–Kier alpha value is -0.0800. The summed E-state index contributed by atoms with van der Waals surface area (Å²) >= 11 is 0. The van der Waals surface area contributed by atoms with E-state index in [1.54, 1.807) is 0 Å². The molecule has 0 aromatic rings. The summed E-state index contributed by atoms with van der Waals surface area (Å²) in [6.07, 6.45) is 8.10. The second-order valence-electron chi connectivity index (χ2n) is 5.50. The fourth-order valence-electron chi connectivity index (χ4n) is 2.49. The van der Waals surface area contributed by atoms with E-state index in [1.807, 2.05) is 0 Å². The summed E-state index contributed by atoms with van der Waals surface area (Å²) in [4.78, 5) is 0. The van der Waals surface area contributed by atoms with Crippen LogP contribution in [0.4, 0.5) is 0 Å². The molecular formula is C14H29NO. The molecule has 2 unspecified atom stereocenters. The van der Waals surface area contributed by atoms with Gasteiger partial charge < -0.3 is 10.1 Å². The smallest absolute Gasteiger partial charge is 0.0590 e. The first kappa shape index (κ1) is 14.0. The molecule has 2 heteroatoms. The predicted octanol–water partition coefficient (Wildman–Crippen LogP) is 3.36. The van der Waals surface area contributed by atoms with E-state index in [1.165, 1.54) is 38.5 Å². The third-order valence-electron chi connectivity index (χ3n) is 3.26. The average molecular weight is 227 g/mol. The van der Waals surface area contributed by atoms with E-state index >= 15 is 0 Å². The number of hydrogen-bond acceptors (Lipinski definition) is 2. The van der Waals surface area contributed by atoms with Crippen molar-refractivity contribution in [1.29, 1.82) is 0 Å². The minimum absolute atomic E-state index is 0.516. The average Bonchev–Trinajstić information content (AvgIpc) is 2.26. The summed E-state index contributed by atoms with van der Waals surface area (Å²) in [5.41, 5.74) is 0. The van der Waals surface area contributed by atoms with Crippen molar-refractivity contribution in [1.82, 2.24) is 5.32 Å². The second-order valence-corrected chi connectivity index (χ2v) is 5.50. The van der Waals surface area contributed by atoms with Crippen LogP contribution in [-0.4, -0.2) is 25.3 Å². The van der Waals surface area contributed by atoms with Crippen LogP contribution >= 0.6 is 0 Å². The molecule has 1 rings (SSSR count). The van der Waals surface area contributed by atoms with Crippen molar-refractivity contribution < 1.29 is 4.74 Å². The first-order valence-electron chi connectivity index (χ1n) is 7.07. The lowest BCUT2D eigenvalue weighted by molar-refractivity contribution is 0.00401. The van der Waals surface area contributed by atoms with Crippen molar-refractivity contribution in [2.24, 2.45) is 5.92 Å². The van der Waals surface area contributed by atoms with Crippen LogP contribution in [0.25, 0.3) is 0 Å². The van der Waals surface area contributed by atoms with E-state index in [-0.39, 0.29) is 0 Å². The van der Waals surface area contributed by atoms with Crippen molar-refractivity contribution in [2.75, 3.05) is 13.2 Å². The van der Waals surface area contributed by atoms with Crippen molar-refractivity contribution in [2.45, 2.75) is 71.4 Å². The van der Waals surface area contributed by atoms with Gasteiger partial charge in [-0.05, 0) is 51.0 Å². The van der Waals surface area contributed by atoms with Crippen LogP contribution in [0, 0.1) is 5.92 Å². The van der Waals surface area contributed by atoms with Crippen LogP contribution < -0.4 is 5.32 Å². The van der Waals surface area contributed by atoms with Crippen LogP contribution in [0.15, 0.2) is 0 Å². The molecule has 0 radical (unpaired) electrons. The molecule has 96 valence electrons. The zero-order valence-electron chi connectivity index (χ0n) is 11.3. The van der Waals surface area contributed by atoms with Crippen molar-refractivity contribution in [3.63, 3.8) is 0 Å². The molecule has 1 saturated heterocycles. The van der Waals surface area contributed by atoms with Gasteiger partial charge in [-0.25, -0.2) is 0 Å². The SMILES string of the molecule is CCCNC(CC(C)C)CC1CCCCO1. The first-order chi connectivity index (χ1) is 7.72. The van der Waals surface area contributed by atoms with Crippen molar-refractivity contribution >= 4 is 0 Å². The monoisotopic (exact) mass is 227 g/mol. The number of ether oxygens (including phenoxy) is 1. The van der Waals surface area contributed by atoms with Gasteiger partial charge in [0.1, 0.15) is 0 Å². The Labute approximate surface area is 101 Å². The van der Waals surface area contributed by atoms with Gasteiger partial charge >= 0.3 is 0 Å². The normalized spacial score (nSPS) is 23.6. The van der Waals surface area contributed by atoms with Crippen LogP contribution in [0.3, 0.4) is 0 Å². The molecule has 1 heterocycles. The lowest BCUT2D eigenvalue weighted by Crippen LogP contribution is -2.36. The summed E-state index contributed by atoms with van der Waals surface area (Å²) in [5.74, 6) is 0.776. The molecule has 16 heavy (non-hydrogen) atoms. The van der Waals surface area contributed by atoms with E-state index < -0.39 is 0 Å². The topological polar surface area (TPSA) is 21.3 Å². The molecule has 0 spiro atoms. The maximum atomic E-state index is 5.83. The Morgan fingerprint density at radius 3 is 2.69 bits per heavy atom. The highest BCUT2D eigenvalue weighted by molar-refractivity contribution is 4.75. The summed E-state index contributed by atoms with van der Waals surface area (Å²) in [5, 5.41) is 3.67. The minimum atomic E-state index is 0.516. The van der Waals surface area contributed by atoms with Gasteiger partial charge in [0.25, 0.3) is 0 Å². The number of hydrogen-bond donors (Lipinski definition) is 1. The molecule has 0 amide bonds. The van der Waals surface area contributed by atoms with Crippen molar-refractivity contribution in [3.05, 3.63) is 0 Å². The summed E-state index contributed by atoms with van der Waals surface area (Å²) in [6.45, 7) is 8.97. The lowest BCUT2D eigenvalue weighted by atomic mass is 9.95. The fourth-order valence-corrected chi connectivity index (χ4v) is 2.49. The van der Waals surface area contributed by atoms with Gasteiger partial charge in [0.2, 0.25) is 0 Å². The summed E-state index contributed by atoms with van der Waals surface area (Å²) in [6, 6.07) is 0.656. The molecule has 0 aliphatic carbocycles. The molecular weight excluding hydrogens is 198 g/mol. The van der Waals surface area contributed by atoms with E-state index in [2.05, 4.69) is 26.1 Å². The van der Waals surface area contributed by atoms with Gasteiger partial charge in [-0.1, -0.05) is 20.8 Å². The van der Waals surface area contributed by atoms with Gasteiger partial charge in [-0.2, -0.15) is 0 Å². The quantitative estimate of drug-likeness (QED) is 0.720. The lowest BCUT2D eigenvalue weighted by Gasteiger charge is -2.28. The Kier molecular flexibility index (Phi) is 7.06. The molecule has 0 saturated carbocycles. The molecule has 1 aliphatic heterocycles. The Morgan fingerprint density at radius 2 is 2.12 bits per heavy atom. The third kappa shape index (κ3) is 5.86. The third-order valence-corrected chi connectivity index (χ3v) is 3.26. The minimum Gasteiger partial charge on any atom is -0.378 e. The van der Waals surface area contributed by atoms with Gasteiger partial charge in [0, 0.05) is 12.6 Å². The zero-order valence-corrected chi connectivity index (χ0v) is 11.3. The highest BCUT2D eigenvalue weighted by Gasteiger charge is 2.19. The molecule has 1 aliphatic rings. The van der Waals surface area contributed by atoms with Gasteiger partial charge in [-0.15, -0.1) is 0 Å². The second kappa shape index (κ2) is 8.08. The van der Waals surface area contributed by atoms with Crippen molar-refractivity contribution in [3.8, 4) is 0 Å². The number of nitrogens with one attached hydrogen (secondary N) is 1. The Balaban J connectivity index is 2.28. The van der Waals surface area contributed by atoms with E-state index in [9.17, 15) is 0 Å². The Morgan fingerprint density at radius 1 is 1.31 bits per heavy atom. The standard InChI is InChI=1S/C14H29NO/c1-4-8-15-13(10-12(2)3)11-14-7-5-6-9-16-14/h12-15H,4-11H2,1-3H3. The molecule has 1 N–H and O–H groups in total. The molecule has 0 aromatic carbocycles. The molecule has 0 bridgehead atoms. The molecule has 2 atom stereocenters. The summed E-state index contributed by atoms with van der Waals surface area (Å²) < 4.78 is 5.83. The van der Waals surface area contributed by atoms with E-state index in [0.29, 0.717) is 12.1 Å². The zero-order chi connectivity index (χ0) is 11.8. The number of rotatable bonds is 7. The van der Waals surface area contributed by atoms with Gasteiger partial charge in [0.05, 0.1) is 6.10 Å². The van der Waals surface area contributed by atoms with E-state index in [4.69, 9.17) is 4.74 Å². The highest BCUT2D eigenvalue weighted by atomic mass is 16.5. The van der Waals surface area contributed by atoms with Gasteiger partial charge in [-0.3, -0.25) is 0 Å². The largest absolute Gasteiger partial charge is 0.378 e. The molecule has 1 fully saturated rings. The predicted molar refractivity (Wildman–Crippen MR) is 69.7 cm³/mol. The fraction of sp³-hybridized carbons (Fsp3) is 1.00. The summed E-state index contributed by atoms with van der Waals surface area (Å²) in [7, 11) is 0. The van der Waals surface area contributed by atoms with E-state index in [0.717, 1.165) is 19.1 Å². The molecule has 0 aromatic heterocycles.